The summed E-state index contributed by atoms with van der Waals surface area (Å²) in [6, 6.07) is 10.6. The minimum Gasteiger partial charge on any atom is -0.207 e. The van der Waals surface area contributed by atoms with E-state index in [1.807, 2.05) is 31.2 Å². The van der Waals surface area contributed by atoms with Crippen molar-refractivity contribution in [3.63, 3.8) is 0 Å². The van der Waals surface area contributed by atoms with Crippen molar-refractivity contribution in [2.45, 2.75) is 12.3 Å². The first kappa shape index (κ1) is 13.9. The Morgan fingerprint density at radius 3 is 2.61 bits per heavy atom. The van der Waals surface area contributed by atoms with Gasteiger partial charge in [0.15, 0.2) is 0 Å². The van der Waals surface area contributed by atoms with E-state index in [1.54, 1.807) is 6.07 Å². The number of hydrogen-bond donors (Lipinski definition) is 0. The van der Waals surface area contributed by atoms with E-state index in [0.717, 1.165) is 11.1 Å². The number of rotatable bonds is 2. The van der Waals surface area contributed by atoms with E-state index in [4.69, 9.17) is 23.2 Å². The predicted octanol–water partition coefficient (Wildman–Crippen LogP) is 5.88. The van der Waals surface area contributed by atoms with Gasteiger partial charge in [0.2, 0.25) is 0 Å². The van der Waals surface area contributed by atoms with E-state index in [2.05, 4.69) is 15.9 Å². The van der Waals surface area contributed by atoms with Gasteiger partial charge in [0, 0.05) is 10.0 Å². The highest BCUT2D eigenvalue weighted by Gasteiger charge is 2.17. The zero-order valence-electron chi connectivity index (χ0n) is 9.55. The van der Waals surface area contributed by atoms with Crippen LogP contribution in [0.5, 0.6) is 0 Å². The molecule has 0 nitrogen and oxygen atoms in total. The Morgan fingerprint density at radius 2 is 1.94 bits per heavy atom. The van der Waals surface area contributed by atoms with Crippen molar-refractivity contribution in [2.24, 2.45) is 0 Å². The molecule has 0 saturated carbocycles. The summed E-state index contributed by atoms with van der Waals surface area (Å²) < 4.78 is 14.4. The maximum Gasteiger partial charge on any atom is 0.129 e. The van der Waals surface area contributed by atoms with Crippen LogP contribution in [0.4, 0.5) is 4.39 Å². The lowest BCUT2D eigenvalue weighted by molar-refractivity contribution is 0.611. The van der Waals surface area contributed by atoms with Gasteiger partial charge in [-0.15, -0.1) is 11.6 Å². The molecule has 0 spiro atoms. The van der Waals surface area contributed by atoms with Crippen molar-refractivity contribution in [3.05, 3.63) is 68.4 Å². The molecule has 0 aliphatic carbocycles. The highest BCUT2D eigenvalue weighted by molar-refractivity contribution is 9.10. The number of halogens is 4. The molecule has 0 heterocycles. The Hall–Kier alpha value is -0.570. The third kappa shape index (κ3) is 2.87. The standard InChI is InChI=1S/C14H10BrCl2F/c1-8-3-2-4-9(5-8)14(17)10-6-12(16)11(15)7-13(10)18/h2-7,14H,1H3. The maximum absolute atomic E-state index is 13.9. The van der Waals surface area contributed by atoms with Gasteiger partial charge in [-0.1, -0.05) is 41.4 Å². The second kappa shape index (κ2) is 5.60. The normalized spacial score (nSPS) is 12.5. The molecule has 94 valence electrons. The zero-order valence-corrected chi connectivity index (χ0v) is 12.7. The van der Waals surface area contributed by atoms with Crippen molar-refractivity contribution >= 4 is 39.1 Å². The van der Waals surface area contributed by atoms with E-state index in [0.29, 0.717) is 15.1 Å². The van der Waals surface area contributed by atoms with Crippen molar-refractivity contribution in [1.29, 1.82) is 0 Å². The summed E-state index contributed by atoms with van der Waals surface area (Å²) in [6.07, 6.45) is 0. The van der Waals surface area contributed by atoms with Gasteiger partial charge in [-0.2, -0.15) is 0 Å². The van der Waals surface area contributed by atoms with Crippen LogP contribution in [0.2, 0.25) is 5.02 Å². The van der Waals surface area contributed by atoms with Gasteiger partial charge < -0.3 is 0 Å². The lowest BCUT2D eigenvalue weighted by Gasteiger charge is -2.13. The Kier molecular flexibility index (Phi) is 4.31. The third-order valence-electron chi connectivity index (χ3n) is 2.65. The molecule has 0 saturated heterocycles. The summed E-state index contributed by atoms with van der Waals surface area (Å²) in [7, 11) is 0. The van der Waals surface area contributed by atoms with E-state index < -0.39 is 5.38 Å². The largest absolute Gasteiger partial charge is 0.207 e. The minimum atomic E-state index is -0.546. The Balaban J connectivity index is 2.46. The van der Waals surface area contributed by atoms with Crippen LogP contribution >= 0.6 is 39.1 Å². The lowest BCUT2D eigenvalue weighted by Crippen LogP contribution is -1.98. The lowest BCUT2D eigenvalue weighted by atomic mass is 10.0. The average molecular weight is 348 g/mol. The minimum absolute atomic E-state index is 0.368. The smallest absolute Gasteiger partial charge is 0.129 e. The van der Waals surface area contributed by atoms with Crippen molar-refractivity contribution in [3.8, 4) is 0 Å². The van der Waals surface area contributed by atoms with Crippen LogP contribution < -0.4 is 0 Å². The monoisotopic (exact) mass is 346 g/mol. The van der Waals surface area contributed by atoms with Gasteiger partial charge in [-0.25, -0.2) is 4.39 Å². The SMILES string of the molecule is Cc1cccc(C(Cl)c2cc(Cl)c(Br)cc2F)c1. The van der Waals surface area contributed by atoms with Crippen LogP contribution in [0.25, 0.3) is 0 Å². The van der Waals surface area contributed by atoms with E-state index in [9.17, 15) is 4.39 Å². The molecule has 2 aromatic carbocycles. The van der Waals surface area contributed by atoms with E-state index >= 15 is 0 Å². The highest BCUT2D eigenvalue weighted by atomic mass is 79.9. The molecule has 4 heteroatoms. The molecule has 0 bridgehead atoms. The molecule has 0 fully saturated rings. The van der Waals surface area contributed by atoms with Crippen LogP contribution in [-0.4, -0.2) is 0 Å². The molecule has 18 heavy (non-hydrogen) atoms. The molecule has 1 unspecified atom stereocenters. The Labute approximate surface area is 124 Å². The molecule has 1 atom stereocenters. The number of benzene rings is 2. The fourth-order valence-corrected chi connectivity index (χ4v) is 2.53. The molecular weight excluding hydrogens is 338 g/mol. The predicted molar refractivity (Wildman–Crippen MR) is 78.0 cm³/mol. The van der Waals surface area contributed by atoms with Crippen LogP contribution in [-0.2, 0) is 0 Å². The average Bonchev–Trinajstić information content (AvgIpc) is 2.33. The summed E-state index contributed by atoms with van der Waals surface area (Å²) in [4.78, 5) is 0. The zero-order chi connectivity index (χ0) is 13.3. The molecule has 0 amide bonds. The van der Waals surface area contributed by atoms with Gasteiger partial charge in [-0.3, -0.25) is 0 Å². The molecule has 0 radical (unpaired) electrons. The summed E-state index contributed by atoms with van der Waals surface area (Å²) in [5.41, 5.74) is 2.33. The van der Waals surface area contributed by atoms with Crippen molar-refractivity contribution in [2.75, 3.05) is 0 Å². The van der Waals surface area contributed by atoms with E-state index in [1.165, 1.54) is 6.07 Å². The molecular formula is C14H10BrCl2F. The topological polar surface area (TPSA) is 0 Å². The molecule has 0 N–H and O–H groups in total. The van der Waals surface area contributed by atoms with Gasteiger partial charge in [0.25, 0.3) is 0 Å². The van der Waals surface area contributed by atoms with E-state index in [-0.39, 0.29) is 5.82 Å². The Morgan fingerprint density at radius 1 is 1.22 bits per heavy atom. The number of aryl methyl sites for hydroxylation is 1. The second-order valence-corrected chi connectivity index (χ2v) is 5.76. The van der Waals surface area contributed by atoms with Gasteiger partial charge in [0.05, 0.1) is 10.4 Å². The summed E-state index contributed by atoms with van der Waals surface area (Å²) in [5, 5.41) is -0.0970. The van der Waals surface area contributed by atoms with Crippen LogP contribution in [0.1, 0.15) is 22.1 Å². The fourth-order valence-electron chi connectivity index (χ4n) is 1.74. The van der Waals surface area contributed by atoms with Crippen LogP contribution in [0.3, 0.4) is 0 Å². The molecule has 2 aromatic rings. The number of alkyl halides is 1. The third-order valence-corrected chi connectivity index (χ3v) is 4.33. The second-order valence-electron chi connectivity index (χ2n) is 4.06. The van der Waals surface area contributed by atoms with Crippen LogP contribution in [0, 0.1) is 12.7 Å². The summed E-state index contributed by atoms with van der Waals surface area (Å²) >= 11 is 15.5. The summed E-state index contributed by atoms with van der Waals surface area (Å²) in [6.45, 7) is 1.97. The van der Waals surface area contributed by atoms with Crippen molar-refractivity contribution < 1.29 is 4.39 Å². The van der Waals surface area contributed by atoms with Gasteiger partial charge >= 0.3 is 0 Å². The van der Waals surface area contributed by atoms with Crippen molar-refractivity contribution in [1.82, 2.24) is 0 Å². The molecule has 2 rings (SSSR count). The highest BCUT2D eigenvalue weighted by Crippen LogP contribution is 2.35. The maximum atomic E-state index is 13.9. The molecule has 0 aliphatic rings. The number of hydrogen-bond acceptors (Lipinski definition) is 0. The fraction of sp³-hybridized carbons (Fsp3) is 0.143. The quantitative estimate of drug-likeness (QED) is 0.470. The first-order valence-electron chi connectivity index (χ1n) is 5.34. The first-order chi connectivity index (χ1) is 8.49. The van der Waals surface area contributed by atoms with Gasteiger partial charge in [-0.05, 0) is 40.5 Å². The molecule has 0 aliphatic heterocycles. The molecule has 0 aromatic heterocycles. The van der Waals surface area contributed by atoms with Gasteiger partial charge in [0.1, 0.15) is 5.82 Å². The Bertz CT molecular complexity index is 584. The summed E-state index contributed by atoms with van der Waals surface area (Å²) in [5.74, 6) is -0.368. The first-order valence-corrected chi connectivity index (χ1v) is 6.95. The van der Waals surface area contributed by atoms with Crippen LogP contribution in [0.15, 0.2) is 40.9 Å².